The number of rotatable bonds is 4. The molecule has 0 bridgehead atoms. The van der Waals surface area contributed by atoms with Crippen LogP contribution >= 0.6 is 11.8 Å². The molecule has 0 radical (unpaired) electrons. The smallest absolute Gasteiger partial charge is 0.344 e. The number of benzene rings is 1. The summed E-state index contributed by atoms with van der Waals surface area (Å²) in [5.74, 6) is -0.580. The highest BCUT2D eigenvalue weighted by Gasteiger charge is 2.30. The summed E-state index contributed by atoms with van der Waals surface area (Å²) in [4.78, 5) is 30.1. The molecule has 1 heterocycles. The van der Waals surface area contributed by atoms with Crippen LogP contribution in [0.15, 0.2) is 40.3 Å². The third kappa shape index (κ3) is 4.38. The van der Waals surface area contributed by atoms with Gasteiger partial charge >= 0.3 is 6.18 Å². The number of alkyl halides is 3. The van der Waals surface area contributed by atoms with Crippen molar-refractivity contribution in [1.82, 2.24) is 15.3 Å². The van der Waals surface area contributed by atoms with Gasteiger partial charge in [0.2, 0.25) is 0 Å². The second kappa shape index (κ2) is 7.08. The minimum absolute atomic E-state index is 0.0538. The van der Waals surface area contributed by atoms with E-state index in [4.69, 9.17) is 0 Å². The SMILES string of the molecule is CSc1nc(C(=O)N[C@@H](C)c2ccc(C(F)(F)F)cc2)cc(=O)[nH]1. The number of nitrogens with one attached hydrogen (secondary N) is 2. The third-order valence-corrected chi connectivity index (χ3v) is 3.81. The van der Waals surface area contributed by atoms with Crippen LogP contribution in [0.2, 0.25) is 0 Å². The largest absolute Gasteiger partial charge is 0.416 e. The Bertz CT molecular complexity index is 788. The van der Waals surface area contributed by atoms with Gasteiger partial charge < -0.3 is 10.3 Å². The minimum atomic E-state index is -4.41. The predicted molar refractivity (Wildman–Crippen MR) is 84.0 cm³/mol. The van der Waals surface area contributed by atoms with Crippen molar-refractivity contribution in [3.8, 4) is 0 Å². The van der Waals surface area contributed by atoms with E-state index in [-0.39, 0.29) is 5.69 Å². The monoisotopic (exact) mass is 357 g/mol. The summed E-state index contributed by atoms with van der Waals surface area (Å²) >= 11 is 1.18. The van der Waals surface area contributed by atoms with Crippen LogP contribution in [0.3, 0.4) is 0 Å². The topological polar surface area (TPSA) is 74.8 Å². The van der Waals surface area contributed by atoms with Gasteiger partial charge in [-0.3, -0.25) is 9.59 Å². The molecule has 1 amide bonds. The van der Waals surface area contributed by atoms with Crippen molar-refractivity contribution in [1.29, 1.82) is 0 Å². The van der Waals surface area contributed by atoms with E-state index in [2.05, 4.69) is 15.3 Å². The van der Waals surface area contributed by atoms with Crippen molar-refractivity contribution in [2.24, 2.45) is 0 Å². The molecule has 1 aromatic heterocycles. The predicted octanol–water partition coefficient (Wildman–Crippen LogP) is 3.00. The molecule has 2 N–H and O–H groups in total. The Balaban J connectivity index is 2.14. The van der Waals surface area contributed by atoms with Crippen molar-refractivity contribution >= 4 is 17.7 Å². The lowest BCUT2D eigenvalue weighted by Gasteiger charge is -2.15. The van der Waals surface area contributed by atoms with Crippen molar-refractivity contribution < 1.29 is 18.0 Å². The van der Waals surface area contributed by atoms with Crippen LogP contribution in [0.5, 0.6) is 0 Å². The van der Waals surface area contributed by atoms with Crippen molar-refractivity contribution in [3.63, 3.8) is 0 Å². The number of halogens is 3. The Hall–Kier alpha value is -2.29. The van der Waals surface area contributed by atoms with Crippen LogP contribution in [0.4, 0.5) is 13.2 Å². The molecule has 9 heteroatoms. The first kappa shape index (κ1) is 18.1. The van der Waals surface area contributed by atoms with Gasteiger partial charge in [0.25, 0.3) is 11.5 Å². The van der Waals surface area contributed by atoms with E-state index < -0.39 is 29.2 Å². The molecule has 2 rings (SSSR count). The molecule has 0 saturated heterocycles. The highest BCUT2D eigenvalue weighted by molar-refractivity contribution is 7.98. The second-order valence-corrected chi connectivity index (χ2v) is 5.75. The molecular formula is C15H14F3N3O2S. The van der Waals surface area contributed by atoms with Gasteiger partial charge in [-0.15, -0.1) is 0 Å². The van der Waals surface area contributed by atoms with Crippen LogP contribution in [0.25, 0.3) is 0 Å². The summed E-state index contributed by atoms with van der Waals surface area (Å²) in [6.45, 7) is 1.63. The van der Waals surface area contributed by atoms with E-state index in [1.807, 2.05) is 0 Å². The zero-order valence-corrected chi connectivity index (χ0v) is 13.6. The van der Waals surface area contributed by atoms with Crippen LogP contribution in [-0.2, 0) is 6.18 Å². The molecule has 2 aromatic rings. The van der Waals surface area contributed by atoms with Gasteiger partial charge in [-0.1, -0.05) is 23.9 Å². The first-order valence-electron chi connectivity index (χ1n) is 6.84. The van der Waals surface area contributed by atoms with Crippen LogP contribution in [0.1, 0.15) is 34.6 Å². The fourth-order valence-electron chi connectivity index (χ4n) is 1.96. The molecule has 128 valence electrons. The number of aromatic nitrogens is 2. The fourth-order valence-corrected chi connectivity index (χ4v) is 2.36. The van der Waals surface area contributed by atoms with Gasteiger partial charge in [-0.05, 0) is 30.9 Å². The molecule has 0 unspecified atom stereocenters. The molecule has 5 nitrogen and oxygen atoms in total. The summed E-state index contributed by atoms with van der Waals surface area (Å²) in [7, 11) is 0. The van der Waals surface area contributed by atoms with Gasteiger partial charge in [-0.2, -0.15) is 13.2 Å². The molecule has 24 heavy (non-hydrogen) atoms. The maximum atomic E-state index is 12.5. The van der Waals surface area contributed by atoms with E-state index in [9.17, 15) is 22.8 Å². The number of carbonyl (C=O) groups excluding carboxylic acids is 1. The van der Waals surface area contributed by atoms with E-state index >= 15 is 0 Å². The third-order valence-electron chi connectivity index (χ3n) is 3.23. The summed E-state index contributed by atoms with van der Waals surface area (Å²) in [6.07, 6.45) is -2.71. The van der Waals surface area contributed by atoms with E-state index in [0.717, 1.165) is 18.2 Å². The zero-order chi connectivity index (χ0) is 17.9. The number of hydrogen-bond acceptors (Lipinski definition) is 4. The van der Waals surface area contributed by atoms with Crippen LogP contribution in [-0.4, -0.2) is 22.1 Å². The average Bonchev–Trinajstić information content (AvgIpc) is 2.53. The lowest BCUT2D eigenvalue weighted by Crippen LogP contribution is -2.29. The summed E-state index contributed by atoms with van der Waals surface area (Å²) in [5.41, 5.74) is -0.763. The van der Waals surface area contributed by atoms with E-state index in [1.54, 1.807) is 13.2 Å². The van der Waals surface area contributed by atoms with Crippen LogP contribution in [0, 0.1) is 0 Å². The highest BCUT2D eigenvalue weighted by atomic mass is 32.2. The first-order chi connectivity index (χ1) is 11.2. The number of H-pyrrole nitrogens is 1. The standard InChI is InChI=1S/C15H14F3N3O2S/c1-8(9-3-5-10(6-4-9)15(16,17)18)19-13(23)11-7-12(22)21-14(20-11)24-2/h3-8H,1-2H3,(H,19,23)(H,20,21,22)/t8-/m0/s1. The molecule has 1 aromatic carbocycles. The van der Waals surface area contributed by atoms with Crippen LogP contribution < -0.4 is 10.9 Å². The molecule has 0 saturated carbocycles. The zero-order valence-electron chi connectivity index (χ0n) is 12.8. The number of hydrogen-bond donors (Lipinski definition) is 2. The fraction of sp³-hybridized carbons (Fsp3) is 0.267. The Morgan fingerprint density at radius 1 is 1.29 bits per heavy atom. The van der Waals surface area contributed by atoms with Crippen molar-refractivity contribution in [3.05, 3.63) is 57.5 Å². The Morgan fingerprint density at radius 2 is 1.92 bits per heavy atom. The summed E-state index contributed by atoms with van der Waals surface area (Å²) in [5, 5.41) is 2.91. The Labute approximate surface area is 139 Å². The Morgan fingerprint density at radius 3 is 2.46 bits per heavy atom. The number of aromatic amines is 1. The second-order valence-electron chi connectivity index (χ2n) is 4.95. The first-order valence-corrected chi connectivity index (χ1v) is 8.06. The van der Waals surface area contributed by atoms with Crippen molar-refractivity contribution in [2.75, 3.05) is 6.26 Å². The molecule has 0 fully saturated rings. The van der Waals surface area contributed by atoms with Gasteiger partial charge in [-0.25, -0.2) is 4.98 Å². The molecular weight excluding hydrogens is 343 g/mol. The maximum Gasteiger partial charge on any atom is 0.416 e. The lowest BCUT2D eigenvalue weighted by molar-refractivity contribution is -0.137. The van der Waals surface area contributed by atoms with Gasteiger partial charge in [0.15, 0.2) is 5.16 Å². The minimum Gasteiger partial charge on any atom is -0.344 e. The molecule has 0 spiro atoms. The number of carbonyl (C=O) groups is 1. The van der Waals surface area contributed by atoms with Gasteiger partial charge in [0, 0.05) is 6.07 Å². The molecule has 1 atom stereocenters. The van der Waals surface area contributed by atoms with Gasteiger partial charge in [0.05, 0.1) is 11.6 Å². The van der Waals surface area contributed by atoms with Gasteiger partial charge in [0.1, 0.15) is 5.69 Å². The summed E-state index contributed by atoms with van der Waals surface area (Å²) in [6, 6.07) is 5.02. The molecule has 0 aliphatic carbocycles. The van der Waals surface area contributed by atoms with E-state index in [0.29, 0.717) is 10.7 Å². The lowest BCUT2D eigenvalue weighted by atomic mass is 10.1. The summed E-state index contributed by atoms with van der Waals surface area (Å²) < 4.78 is 37.6. The molecule has 0 aliphatic rings. The maximum absolute atomic E-state index is 12.5. The quantitative estimate of drug-likeness (QED) is 0.652. The number of thioether (sulfide) groups is 1. The van der Waals surface area contributed by atoms with Crippen molar-refractivity contribution in [2.45, 2.75) is 24.3 Å². The number of amides is 1. The Kier molecular flexibility index (Phi) is 5.33. The normalized spacial score (nSPS) is 12.7. The number of nitrogens with zero attached hydrogens (tertiary/aromatic N) is 1. The highest BCUT2D eigenvalue weighted by Crippen LogP contribution is 2.29. The van der Waals surface area contributed by atoms with E-state index in [1.165, 1.54) is 23.9 Å². The average molecular weight is 357 g/mol. The molecule has 0 aliphatic heterocycles.